The molecule has 2 aromatic rings. The van der Waals surface area contributed by atoms with Gasteiger partial charge in [-0.25, -0.2) is 21.6 Å². The lowest BCUT2D eigenvalue weighted by Gasteiger charge is -2.42. The third-order valence-corrected chi connectivity index (χ3v) is 9.30. The highest BCUT2D eigenvalue weighted by Crippen LogP contribution is 2.44. The minimum absolute atomic E-state index is 0.162. The maximum Gasteiger partial charge on any atom is 0.174 e. The van der Waals surface area contributed by atoms with Crippen molar-refractivity contribution in [3.63, 3.8) is 0 Å². The van der Waals surface area contributed by atoms with Crippen molar-refractivity contribution in [3.8, 4) is 11.1 Å². The quantitative estimate of drug-likeness (QED) is 0.507. The van der Waals surface area contributed by atoms with Crippen molar-refractivity contribution in [1.29, 1.82) is 0 Å². The van der Waals surface area contributed by atoms with Crippen molar-refractivity contribution in [3.05, 3.63) is 58.9 Å². The van der Waals surface area contributed by atoms with Crippen LogP contribution in [-0.4, -0.2) is 29.5 Å². The summed E-state index contributed by atoms with van der Waals surface area (Å²) in [5, 5.41) is 0. The van der Waals surface area contributed by atoms with Gasteiger partial charge in [0.25, 0.3) is 0 Å². The summed E-state index contributed by atoms with van der Waals surface area (Å²) in [6.45, 7) is 6.94. The van der Waals surface area contributed by atoms with Gasteiger partial charge in [0.15, 0.2) is 33.0 Å². The molecule has 31 heavy (non-hydrogen) atoms. The first kappa shape index (κ1) is 23.2. The van der Waals surface area contributed by atoms with Crippen molar-refractivity contribution >= 4 is 21.4 Å². The van der Waals surface area contributed by atoms with Gasteiger partial charge in [-0.1, -0.05) is 25.1 Å². The fraction of sp³-hybridized carbons (Fsp3) is 0.391. The van der Waals surface area contributed by atoms with Crippen LogP contribution in [-0.2, 0) is 25.8 Å². The van der Waals surface area contributed by atoms with Gasteiger partial charge in [0.05, 0.1) is 0 Å². The Kier molecular flexibility index (Phi) is 5.45. The van der Waals surface area contributed by atoms with E-state index in [-0.39, 0.29) is 11.1 Å². The topological polar surface area (TPSA) is 68.3 Å². The highest BCUT2D eigenvalue weighted by atomic mass is 32.2. The molecule has 0 N–H and O–H groups in total. The van der Waals surface area contributed by atoms with Crippen LogP contribution in [0.25, 0.3) is 11.1 Å². The highest BCUT2D eigenvalue weighted by Gasteiger charge is 2.63. The lowest BCUT2D eigenvalue weighted by Crippen LogP contribution is -2.63. The minimum atomic E-state index is -4.09. The zero-order valence-electron chi connectivity index (χ0n) is 17.8. The fourth-order valence-corrected chi connectivity index (χ4v) is 6.15. The Hall–Kier alpha value is -2.48. The van der Waals surface area contributed by atoms with Crippen LogP contribution in [0.3, 0.4) is 0 Å². The number of carbonyl (C=O) groups excluding carboxylic acids is 2. The van der Waals surface area contributed by atoms with E-state index in [2.05, 4.69) is 0 Å². The first-order valence-corrected chi connectivity index (χ1v) is 11.3. The summed E-state index contributed by atoms with van der Waals surface area (Å²) in [7, 11) is -4.09. The van der Waals surface area contributed by atoms with E-state index in [1.54, 1.807) is 6.92 Å². The van der Waals surface area contributed by atoms with Crippen molar-refractivity contribution in [2.75, 3.05) is 0 Å². The molecule has 0 saturated carbocycles. The second-order valence-corrected chi connectivity index (χ2v) is 11.7. The van der Waals surface area contributed by atoms with Crippen LogP contribution in [0.4, 0.5) is 13.2 Å². The van der Waals surface area contributed by atoms with Crippen molar-refractivity contribution in [2.24, 2.45) is 0 Å². The molecule has 1 saturated heterocycles. The van der Waals surface area contributed by atoms with E-state index < -0.39 is 54.3 Å². The molecular weight excluding hydrogens is 429 g/mol. The molecule has 2 aromatic carbocycles. The van der Waals surface area contributed by atoms with Crippen LogP contribution in [0.15, 0.2) is 30.3 Å². The average molecular weight is 452 g/mol. The first-order chi connectivity index (χ1) is 14.2. The molecular formula is C23H23F3O4S. The summed E-state index contributed by atoms with van der Waals surface area (Å²) in [5.41, 5.74) is 0.933. The van der Waals surface area contributed by atoms with Crippen LogP contribution < -0.4 is 0 Å². The molecule has 0 spiro atoms. The van der Waals surface area contributed by atoms with E-state index in [1.807, 2.05) is 0 Å². The number of hydrogen-bond acceptors (Lipinski definition) is 4. The van der Waals surface area contributed by atoms with E-state index in [0.717, 1.165) is 6.07 Å². The van der Waals surface area contributed by atoms with Gasteiger partial charge in [-0.2, -0.15) is 0 Å². The Bertz CT molecular complexity index is 1180. The van der Waals surface area contributed by atoms with Crippen LogP contribution in [0.1, 0.15) is 51.7 Å². The molecule has 166 valence electrons. The zero-order chi connectivity index (χ0) is 23.5. The Labute approximate surface area is 179 Å². The summed E-state index contributed by atoms with van der Waals surface area (Å²) in [5.74, 6) is -6.21. The van der Waals surface area contributed by atoms with E-state index in [4.69, 9.17) is 0 Å². The summed E-state index contributed by atoms with van der Waals surface area (Å²) in [6, 6.07) is 5.57. The van der Waals surface area contributed by atoms with Crippen molar-refractivity contribution in [2.45, 2.75) is 56.5 Å². The number of hydrogen-bond donors (Lipinski definition) is 0. The summed E-state index contributed by atoms with van der Waals surface area (Å²) >= 11 is 0. The fourth-order valence-electron chi connectivity index (χ4n) is 4.10. The van der Waals surface area contributed by atoms with Gasteiger partial charge >= 0.3 is 0 Å². The van der Waals surface area contributed by atoms with E-state index in [0.29, 0.717) is 23.6 Å². The van der Waals surface area contributed by atoms with Gasteiger partial charge < -0.3 is 0 Å². The Balaban J connectivity index is 2.19. The van der Waals surface area contributed by atoms with Gasteiger partial charge in [-0.15, -0.1) is 0 Å². The number of halogens is 3. The average Bonchev–Trinajstić information content (AvgIpc) is 2.69. The largest absolute Gasteiger partial charge is 0.297 e. The summed E-state index contributed by atoms with van der Waals surface area (Å²) in [6.07, 6.45) is 0.346. The molecule has 4 nitrogen and oxygen atoms in total. The van der Waals surface area contributed by atoms with Crippen LogP contribution in [0, 0.1) is 17.5 Å². The molecule has 8 heteroatoms. The third kappa shape index (κ3) is 3.23. The Morgan fingerprint density at radius 1 is 0.839 bits per heavy atom. The molecule has 1 heterocycles. The summed E-state index contributed by atoms with van der Waals surface area (Å²) < 4.78 is 63.4. The van der Waals surface area contributed by atoms with Crippen LogP contribution in [0.5, 0.6) is 0 Å². The maximum absolute atomic E-state index is 14.2. The van der Waals surface area contributed by atoms with E-state index in [1.165, 1.54) is 45.9 Å². The normalized spacial score (nSPS) is 20.1. The molecule has 0 unspecified atom stereocenters. The van der Waals surface area contributed by atoms with Gasteiger partial charge in [0.2, 0.25) is 0 Å². The summed E-state index contributed by atoms with van der Waals surface area (Å²) in [4.78, 5) is 26.3. The smallest absolute Gasteiger partial charge is 0.174 e. The molecule has 0 aromatic heterocycles. The number of ketones is 2. The Morgan fingerprint density at radius 2 is 1.35 bits per heavy atom. The zero-order valence-corrected chi connectivity index (χ0v) is 18.7. The van der Waals surface area contributed by atoms with Gasteiger partial charge in [-0.3, -0.25) is 9.59 Å². The lowest BCUT2D eigenvalue weighted by atomic mass is 9.77. The number of rotatable bonds is 3. The molecule has 1 fully saturated rings. The molecule has 0 radical (unpaired) electrons. The van der Waals surface area contributed by atoms with E-state index >= 15 is 0 Å². The maximum atomic E-state index is 14.2. The molecule has 0 aliphatic carbocycles. The predicted octanol–water partition coefficient (Wildman–Crippen LogP) is 4.54. The molecule has 0 amide bonds. The van der Waals surface area contributed by atoms with Crippen molar-refractivity contribution in [1.82, 2.24) is 0 Å². The van der Waals surface area contributed by atoms with Crippen LogP contribution >= 0.6 is 0 Å². The number of sulfone groups is 1. The second kappa shape index (κ2) is 7.29. The number of Topliss-reactive ketones (excluding diaryl/α,β-unsaturated/α-hetero) is 2. The molecule has 3 rings (SSSR count). The predicted molar refractivity (Wildman–Crippen MR) is 111 cm³/mol. The number of benzene rings is 2. The highest BCUT2D eigenvalue weighted by molar-refractivity contribution is 7.95. The molecule has 1 aliphatic heterocycles. The first-order valence-electron chi connectivity index (χ1n) is 9.79. The lowest BCUT2D eigenvalue weighted by molar-refractivity contribution is -0.132. The SMILES string of the molecule is CCc1cc(-c2cc(F)c(F)cc2F)ccc1C1C(=O)C(C)(C)S(=O)(=O)C(C)(C)C1=O. The number of aryl methyl sites for hydroxylation is 1. The van der Waals surface area contributed by atoms with E-state index in [9.17, 15) is 31.2 Å². The molecule has 0 bridgehead atoms. The standard InChI is InChI=1S/C23H23F3O4S/c1-6-12-9-13(15-10-17(25)18(26)11-16(15)24)7-8-14(12)19-20(27)22(2,3)31(29,30)23(4,5)21(19)28/h7-11,19H,6H2,1-5H3. The monoisotopic (exact) mass is 452 g/mol. The van der Waals surface area contributed by atoms with Crippen molar-refractivity contribution < 1.29 is 31.2 Å². The van der Waals surface area contributed by atoms with Gasteiger partial charge in [-0.05, 0) is 56.9 Å². The second-order valence-electron chi connectivity index (χ2n) is 8.70. The Morgan fingerprint density at radius 3 is 1.87 bits per heavy atom. The minimum Gasteiger partial charge on any atom is -0.297 e. The van der Waals surface area contributed by atoms with Crippen LogP contribution in [0.2, 0.25) is 0 Å². The van der Waals surface area contributed by atoms with Gasteiger partial charge in [0.1, 0.15) is 21.2 Å². The molecule has 1 aliphatic rings. The van der Waals surface area contributed by atoms with Gasteiger partial charge in [0, 0.05) is 11.6 Å². The molecule has 0 atom stereocenters. The number of carbonyl (C=O) groups is 2. The third-order valence-electron chi connectivity index (χ3n) is 6.21.